The van der Waals surface area contributed by atoms with Gasteiger partial charge in [0.25, 0.3) is 0 Å². The first-order valence-electron chi connectivity index (χ1n) is 6.46. The van der Waals surface area contributed by atoms with E-state index < -0.39 is 0 Å². The van der Waals surface area contributed by atoms with Gasteiger partial charge in [0.05, 0.1) is 0 Å². The number of hydrogen-bond acceptors (Lipinski definition) is 1. The van der Waals surface area contributed by atoms with Gasteiger partial charge < -0.3 is 0 Å². The van der Waals surface area contributed by atoms with E-state index in [0.717, 1.165) is 25.2 Å². The Kier molecular flexibility index (Phi) is 3.61. The third-order valence-electron chi connectivity index (χ3n) is 4.33. The van der Waals surface area contributed by atoms with E-state index in [4.69, 9.17) is 0 Å². The van der Waals surface area contributed by atoms with Crippen molar-refractivity contribution in [3.63, 3.8) is 0 Å². The van der Waals surface area contributed by atoms with Gasteiger partial charge in [-0.2, -0.15) is 0 Å². The minimum absolute atomic E-state index is 0.325. The molecule has 0 heterocycles. The lowest BCUT2D eigenvalue weighted by atomic mass is 9.74. The largest absolute Gasteiger partial charge is 0.299 e. The molecule has 0 radical (unpaired) electrons. The van der Waals surface area contributed by atoms with Crippen LogP contribution in [0.25, 0.3) is 0 Å². The number of carbonyl (C=O) groups excluding carboxylic acids is 1. The molecule has 2 aliphatic rings. The maximum absolute atomic E-state index is 11.8. The van der Waals surface area contributed by atoms with Crippen LogP contribution in [0, 0.1) is 17.8 Å². The quantitative estimate of drug-likeness (QED) is 0.643. The first kappa shape index (κ1) is 10.9. The normalized spacial score (nSPS) is 33.2. The molecule has 2 rings (SSSR count). The van der Waals surface area contributed by atoms with Gasteiger partial charge in [0.15, 0.2) is 0 Å². The van der Waals surface area contributed by atoms with Crippen LogP contribution in [0.3, 0.4) is 0 Å². The molecule has 0 saturated heterocycles. The summed E-state index contributed by atoms with van der Waals surface area (Å²) < 4.78 is 0. The van der Waals surface area contributed by atoms with Gasteiger partial charge in [0.1, 0.15) is 5.78 Å². The van der Waals surface area contributed by atoms with Crippen LogP contribution in [0.2, 0.25) is 0 Å². The number of ketones is 1. The highest BCUT2D eigenvalue weighted by molar-refractivity contribution is 5.83. The average molecular weight is 206 g/mol. The molecule has 0 aliphatic heterocycles. The standard InChI is InChI=1S/C14H22O/c1-2-6-13-12(9-10-14(13)15)11-7-4-3-5-8-11/h2,11-13H,1,3-10H2/t12-,13-/m0/s1. The first-order chi connectivity index (χ1) is 7.33. The summed E-state index contributed by atoms with van der Waals surface area (Å²) in [6.07, 6.45) is 11.7. The molecule has 0 aromatic rings. The van der Waals surface area contributed by atoms with E-state index in [1.165, 1.54) is 32.1 Å². The average Bonchev–Trinajstić information content (AvgIpc) is 2.63. The topological polar surface area (TPSA) is 17.1 Å². The number of rotatable bonds is 3. The fourth-order valence-corrected chi connectivity index (χ4v) is 3.55. The molecular weight excluding hydrogens is 184 g/mol. The Bertz CT molecular complexity index is 238. The van der Waals surface area contributed by atoms with E-state index in [2.05, 4.69) is 6.58 Å². The van der Waals surface area contributed by atoms with Crippen LogP contribution in [-0.4, -0.2) is 5.78 Å². The molecule has 0 spiro atoms. The molecule has 84 valence electrons. The zero-order chi connectivity index (χ0) is 10.7. The molecule has 0 bridgehead atoms. The van der Waals surface area contributed by atoms with Gasteiger partial charge in [0.2, 0.25) is 0 Å². The second-order valence-electron chi connectivity index (χ2n) is 5.20. The number of Topliss-reactive ketones (excluding diaryl/α,β-unsaturated/α-hetero) is 1. The van der Waals surface area contributed by atoms with Crippen molar-refractivity contribution in [1.82, 2.24) is 0 Å². The predicted octanol–water partition coefficient (Wildman–Crippen LogP) is 3.74. The number of allylic oxidation sites excluding steroid dienone is 1. The zero-order valence-corrected chi connectivity index (χ0v) is 9.58. The molecule has 1 nitrogen and oxygen atoms in total. The van der Waals surface area contributed by atoms with E-state index in [0.29, 0.717) is 17.6 Å². The smallest absolute Gasteiger partial charge is 0.136 e. The van der Waals surface area contributed by atoms with Crippen molar-refractivity contribution in [2.45, 2.75) is 51.4 Å². The van der Waals surface area contributed by atoms with Crippen LogP contribution in [0.4, 0.5) is 0 Å². The van der Waals surface area contributed by atoms with Crippen LogP contribution in [0.15, 0.2) is 12.7 Å². The van der Waals surface area contributed by atoms with Crippen molar-refractivity contribution in [3.05, 3.63) is 12.7 Å². The minimum Gasteiger partial charge on any atom is -0.299 e. The fourth-order valence-electron chi connectivity index (χ4n) is 3.55. The number of carbonyl (C=O) groups is 1. The molecule has 0 N–H and O–H groups in total. The Morgan fingerprint density at radius 2 is 1.93 bits per heavy atom. The van der Waals surface area contributed by atoms with Gasteiger partial charge in [0, 0.05) is 12.3 Å². The van der Waals surface area contributed by atoms with Crippen molar-refractivity contribution in [3.8, 4) is 0 Å². The molecule has 0 unspecified atom stereocenters. The van der Waals surface area contributed by atoms with Gasteiger partial charge in [-0.3, -0.25) is 4.79 Å². The van der Waals surface area contributed by atoms with Gasteiger partial charge in [-0.05, 0) is 24.7 Å². The monoisotopic (exact) mass is 206 g/mol. The maximum Gasteiger partial charge on any atom is 0.136 e. The van der Waals surface area contributed by atoms with E-state index in [1.54, 1.807) is 0 Å². The summed E-state index contributed by atoms with van der Waals surface area (Å²) in [4.78, 5) is 11.8. The molecule has 2 saturated carbocycles. The van der Waals surface area contributed by atoms with Crippen molar-refractivity contribution in [2.24, 2.45) is 17.8 Å². The zero-order valence-electron chi connectivity index (χ0n) is 9.58. The van der Waals surface area contributed by atoms with E-state index in [1.807, 2.05) is 6.08 Å². The second-order valence-corrected chi connectivity index (χ2v) is 5.20. The highest BCUT2D eigenvalue weighted by Gasteiger charge is 2.38. The number of hydrogen-bond donors (Lipinski definition) is 0. The molecule has 2 atom stereocenters. The highest BCUT2D eigenvalue weighted by atomic mass is 16.1. The van der Waals surface area contributed by atoms with Crippen LogP contribution >= 0.6 is 0 Å². The summed E-state index contributed by atoms with van der Waals surface area (Å²) in [5.74, 6) is 2.36. The molecular formula is C14H22O. The fraction of sp³-hybridized carbons (Fsp3) is 0.786. The van der Waals surface area contributed by atoms with Gasteiger partial charge >= 0.3 is 0 Å². The summed E-state index contributed by atoms with van der Waals surface area (Å²) in [5.41, 5.74) is 0. The lowest BCUT2D eigenvalue weighted by Crippen LogP contribution is -2.23. The molecule has 0 aromatic carbocycles. The summed E-state index contributed by atoms with van der Waals surface area (Å²) in [7, 11) is 0. The molecule has 0 amide bonds. The Morgan fingerprint density at radius 3 is 2.60 bits per heavy atom. The van der Waals surface area contributed by atoms with Crippen molar-refractivity contribution >= 4 is 5.78 Å². The lowest BCUT2D eigenvalue weighted by Gasteiger charge is -2.30. The lowest BCUT2D eigenvalue weighted by molar-refractivity contribution is -0.121. The van der Waals surface area contributed by atoms with Crippen molar-refractivity contribution in [1.29, 1.82) is 0 Å². The molecule has 15 heavy (non-hydrogen) atoms. The van der Waals surface area contributed by atoms with Crippen LogP contribution in [0.5, 0.6) is 0 Å². The van der Waals surface area contributed by atoms with Crippen molar-refractivity contribution in [2.75, 3.05) is 0 Å². The Balaban J connectivity index is 1.99. The Labute approximate surface area is 92.9 Å². The van der Waals surface area contributed by atoms with Gasteiger partial charge in [-0.1, -0.05) is 38.2 Å². The van der Waals surface area contributed by atoms with Crippen LogP contribution < -0.4 is 0 Å². The van der Waals surface area contributed by atoms with E-state index in [-0.39, 0.29) is 0 Å². The molecule has 0 aromatic heterocycles. The van der Waals surface area contributed by atoms with Gasteiger partial charge in [-0.15, -0.1) is 6.58 Å². The second kappa shape index (κ2) is 4.96. The predicted molar refractivity (Wildman–Crippen MR) is 62.6 cm³/mol. The van der Waals surface area contributed by atoms with Crippen LogP contribution in [-0.2, 0) is 4.79 Å². The Hall–Kier alpha value is -0.590. The summed E-state index contributed by atoms with van der Waals surface area (Å²) in [6, 6.07) is 0. The van der Waals surface area contributed by atoms with Crippen LogP contribution in [0.1, 0.15) is 51.4 Å². The maximum atomic E-state index is 11.8. The van der Waals surface area contributed by atoms with E-state index >= 15 is 0 Å². The molecule has 2 fully saturated rings. The van der Waals surface area contributed by atoms with Crippen molar-refractivity contribution < 1.29 is 4.79 Å². The SMILES string of the molecule is C=CC[C@@H]1C(=O)CC[C@H]1C1CCCCC1. The highest BCUT2D eigenvalue weighted by Crippen LogP contribution is 2.42. The van der Waals surface area contributed by atoms with E-state index in [9.17, 15) is 4.79 Å². The minimum atomic E-state index is 0.325. The third kappa shape index (κ3) is 2.32. The Morgan fingerprint density at radius 1 is 1.20 bits per heavy atom. The summed E-state index contributed by atoms with van der Waals surface area (Å²) >= 11 is 0. The van der Waals surface area contributed by atoms with Gasteiger partial charge in [-0.25, -0.2) is 0 Å². The molecule has 2 aliphatic carbocycles. The first-order valence-corrected chi connectivity index (χ1v) is 6.46. The summed E-state index contributed by atoms with van der Waals surface area (Å²) in [6.45, 7) is 3.79. The third-order valence-corrected chi connectivity index (χ3v) is 4.33. The summed E-state index contributed by atoms with van der Waals surface area (Å²) in [5, 5.41) is 0. The molecule has 1 heteroatoms.